The van der Waals surface area contributed by atoms with Gasteiger partial charge in [-0.3, -0.25) is 28.2 Å². The first-order chi connectivity index (χ1) is 60.7. The number of amides is 9. The van der Waals surface area contributed by atoms with E-state index in [2.05, 4.69) is 49.2 Å². The van der Waals surface area contributed by atoms with Gasteiger partial charge in [0.2, 0.25) is 32.7 Å². The number of esters is 3. The molecule has 5 aliphatic rings. The van der Waals surface area contributed by atoms with Crippen molar-refractivity contribution in [3.63, 3.8) is 0 Å². The summed E-state index contributed by atoms with van der Waals surface area (Å²) >= 11 is 0. The van der Waals surface area contributed by atoms with Crippen LogP contribution in [0.15, 0.2) is 12.7 Å². The van der Waals surface area contributed by atoms with Crippen LogP contribution in [0.2, 0.25) is 0 Å². The van der Waals surface area contributed by atoms with E-state index in [1.807, 2.05) is 62.3 Å². The van der Waals surface area contributed by atoms with Crippen LogP contribution >= 0.6 is 23.1 Å². The quantitative estimate of drug-likeness (QED) is 0.0161. The molecule has 0 radical (unpaired) electrons. The van der Waals surface area contributed by atoms with Gasteiger partial charge in [-0.1, -0.05) is 198 Å². The van der Waals surface area contributed by atoms with E-state index < -0.39 is 231 Å². The molecule has 44 nitrogen and oxygen atoms in total. The van der Waals surface area contributed by atoms with Gasteiger partial charge in [0.25, 0.3) is 10.1 Å². The normalized spacial score (nSPS) is 19.4. The van der Waals surface area contributed by atoms with E-state index in [-0.39, 0.29) is 161 Å². The number of carboxylic acids is 3. The zero-order valence-corrected chi connectivity index (χ0v) is 92.2. The Hall–Kier alpha value is -8.33. The first kappa shape index (κ1) is 177. The molecule has 0 aromatic heterocycles. The smallest absolute Gasteiger partial charge is 0.870 e. The van der Waals surface area contributed by atoms with Crippen LogP contribution in [0.4, 0.5) is 24.0 Å². The van der Waals surface area contributed by atoms with Gasteiger partial charge in [0.1, 0.15) is 88.4 Å². The number of hydrogen-bond acceptors (Lipinski definition) is 32. The van der Waals surface area contributed by atoms with Gasteiger partial charge in [-0.15, -0.1) is 19.0 Å². The van der Waals surface area contributed by atoms with Crippen LogP contribution in [0.1, 0.15) is 335 Å². The summed E-state index contributed by atoms with van der Waals surface area (Å²) in [6.07, 6.45) is -0.758. The second-order valence-electron chi connectivity index (χ2n) is 44.0. The number of carboxylic acid groups (broad SMARTS) is 3. The van der Waals surface area contributed by atoms with Gasteiger partial charge >= 0.3 is 85.1 Å². The molecule has 886 valence electrons. The van der Waals surface area contributed by atoms with Crippen molar-refractivity contribution in [1.29, 1.82) is 0 Å². The number of likely N-dealkylation sites (tertiary alicyclic amines) is 4. The Bertz CT molecular complexity index is 4160. The number of halogens is 2. The molecule has 0 bridgehead atoms. The molecular formula is C100H205Cl2LiN10O34S2. The Morgan fingerprint density at radius 1 is 0.376 bits per heavy atom. The molecule has 0 aromatic rings. The second kappa shape index (κ2) is 73.1. The van der Waals surface area contributed by atoms with Crippen LogP contribution in [-0.4, -0.2) is 331 Å². The third-order valence-corrected chi connectivity index (χ3v) is 19.6. The van der Waals surface area contributed by atoms with Crippen LogP contribution in [0, 0.1) is 38.9 Å². The van der Waals surface area contributed by atoms with Crippen molar-refractivity contribution in [3.8, 4) is 0 Å². The molecule has 0 unspecified atom stereocenters. The van der Waals surface area contributed by atoms with Gasteiger partial charge in [0.05, 0.1) is 52.2 Å². The molecule has 9 amide bonds. The molecule has 0 aromatic carbocycles. The van der Waals surface area contributed by atoms with Crippen molar-refractivity contribution in [2.45, 2.75) is 442 Å². The fourth-order valence-electron chi connectivity index (χ4n) is 13.2. The van der Waals surface area contributed by atoms with Crippen LogP contribution < -0.4 is 50.8 Å². The Morgan fingerprint density at radius 3 is 0.785 bits per heavy atom. The fourth-order valence-corrected chi connectivity index (χ4v) is 13.9. The summed E-state index contributed by atoms with van der Waals surface area (Å²) in [5.41, 5.74) is -6.46. The number of nitrogens with zero attached hydrogens (tertiary/aromatic N) is 4. The predicted molar refractivity (Wildman–Crippen MR) is 582 cm³/mol. The third-order valence-electron chi connectivity index (χ3n) is 19.0. The largest absolute Gasteiger partial charge is 1.00 e. The molecule has 12 N–H and O–H groups in total. The molecule has 0 saturated carbocycles. The molecule has 5 saturated heterocycles. The van der Waals surface area contributed by atoms with Gasteiger partial charge in [-0.2, -0.15) is 8.42 Å². The summed E-state index contributed by atoms with van der Waals surface area (Å²) in [4.78, 5) is 186. The van der Waals surface area contributed by atoms with E-state index in [0.717, 1.165) is 12.5 Å². The number of aliphatic hydroxyl groups is 2. The number of hydrogen-bond donors (Lipinski definition) is 11. The fraction of sp³-hybridized carbons (Fsp3) is 0.830. The second-order valence-corrected chi connectivity index (χ2v) is 48.7. The molecule has 0 spiro atoms. The van der Waals surface area contributed by atoms with E-state index in [9.17, 15) is 99.0 Å². The Balaban J connectivity index is -0.000000100. The van der Waals surface area contributed by atoms with Crippen LogP contribution in [-0.2, 0) is 109 Å². The summed E-state index contributed by atoms with van der Waals surface area (Å²) in [7, 11) is 1.25. The number of aliphatic carboxylic acids is 3. The van der Waals surface area contributed by atoms with Gasteiger partial charge < -0.3 is 120 Å². The number of nitrogens with one attached hydrogen (secondary N) is 6. The van der Waals surface area contributed by atoms with E-state index >= 15 is 0 Å². The maximum atomic E-state index is 13.3. The van der Waals surface area contributed by atoms with Gasteiger partial charge in [-0.05, 0) is 163 Å². The molecule has 49 heteroatoms. The monoisotopic (exact) mass is 2230 g/mol. The van der Waals surface area contributed by atoms with Crippen LogP contribution in [0.3, 0.4) is 0 Å². The standard InChI is InChI=1S/C18H32N2O8S.C18H32N2O5.C17H30N2O6.C17H30N2O5.C11H21NO4.C5H9NO3.C3H6.CH3ClO2S.10CH4.ClH.Li.H2O/c1-17(2,3)13(19-16(23)27-18(4,5)6)14(21)20-10-11(28-29(8,24)25)9-12(20)15(22)26-7;1-11-9-12(15(22)24-8)20(10-11)14(21)13(17(2,3)4)19-16(23)25-18(5,6)7;1-16(2,3)12(18-15(23)25-17(4,5)6)13(21)19-9-10(20)8-11(19)14(22)24-7;1-10-8-11(14(21)22)19(9-10)13(20)12(16(2,3)4)18-15(23)24-17(5,6)7;1-10(2,3)7(8(13)14)12-9(15)16-11(4,5)6;7-3-1-4(5(8)9)6-2-3;1-3-2;1-5(2,3)4;;;;;;;;;;;;;/h11-13H,9-10H2,1-8H3,(H,19,23);11-13H,9-10H2,1-8H3,(H,19,23);10-12,20H,8-9H2,1-7H3,(H,18,23);10-12H,8-9H2,1-7H3,(H,18,23)(H,21,22);7H,1-6H3,(H,12,15)(H,13,14);3-4,6-7H,1-2H2,(H,8,9);3H,1H2,2H3;1H3;10*1H4;1H;;1H2/q;;;;;;;;;;;;;;;;;;;+1;/p-1/t11-,12-,13+;11-,12+,13-;10-,11-,12+;10-,11+,12-;7-;3-,4-;;;;;;;;;;;;;;;/m010110.............../s1. The molecule has 0 aliphatic carbocycles. The van der Waals surface area contributed by atoms with Crippen LogP contribution in [0.5, 0.6) is 0 Å². The summed E-state index contributed by atoms with van der Waals surface area (Å²) in [6, 6.07) is -8.47. The van der Waals surface area contributed by atoms with Crippen molar-refractivity contribution in [1.82, 2.24) is 51.5 Å². The third kappa shape index (κ3) is 72.8. The van der Waals surface area contributed by atoms with Crippen molar-refractivity contribution in [2.24, 2.45) is 38.9 Å². The van der Waals surface area contributed by atoms with Crippen molar-refractivity contribution in [2.75, 3.05) is 66.6 Å². The van der Waals surface area contributed by atoms with Gasteiger partial charge in [0.15, 0.2) is 0 Å². The molecule has 15 atom stereocenters. The Kier molecular flexibility index (Phi) is 86.6. The van der Waals surface area contributed by atoms with E-state index in [1.165, 1.54) is 40.9 Å². The number of rotatable bonds is 17. The van der Waals surface area contributed by atoms with Gasteiger partial charge in [0, 0.05) is 62.7 Å². The topological polar surface area (TPSA) is 624 Å². The molecule has 149 heavy (non-hydrogen) atoms. The number of β-amino-alcohol motifs (C(OH)–C–C–N with tert-alkyl or cyclic N) is 2. The SMILES string of the molecule is C.C.C.C.C.C.C.C.C.C.C=CC.CC(C)(C)OC(=O)N[C@H](C(=O)O)C(C)(C)C.COC(=O)[C@@H]1C[C@@H](C)CN1C(=O)[C@@H](NC(=O)OC(C)(C)C)C(C)(C)C.COC(=O)[C@@H]1C[C@H](O)CN1C(=O)[C@@H](NC(=O)OC(C)(C)C)C(C)(C)C.COC(=O)[C@@H]1C[C@H](OS(C)(=O)=O)CN1C(=O)[C@@H](NC(=O)OC(C)(C)C)C(C)(C)C.CS(=O)(=O)Cl.C[C@@H]1C[C@@H](C(=O)O)N(C(=O)[C@@H](NC(=O)OC(C)(C)C)C(C)(C)C)C1.Cl.O=C(O)[C@@H]1C[C@H](O)CN1.[Li+].[OH-]. The molecule has 5 heterocycles. The zero-order chi connectivity index (χ0) is 108. The average Bonchev–Trinajstić information content (AvgIpc) is 1.69. The first-order valence-corrected chi connectivity index (χ1v) is 48.8. The average molecular weight is 2230 g/mol. The minimum Gasteiger partial charge on any atom is -0.870 e. The molecular weight excluding hydrogens is 2030 g/mol. The minimum absolute atomic E-state index is 0. The maximum absolute atomic E-state index is 13.3. The van der Waals surface area contributed by atoms with Crippen molar-refractivity contribution >= 4 is 132 Å². The number of alkyl carbamates (subject to hydrolysis) is 5. The van der Waals surface area contributed by atoms with Crippen molar-refractivity contribution in [3.05, 3.63) is 12.7 Å². The van der Waals surface area contributed by atoms with Crippen LogP contribution in [0.25, 0.3) is 0 Å². The Morgan fingerprint density at radius 2 is 0.591 bits per heavy atom. The maximum Gasteiger partial charge on any atom is 1.00 e. The number of methoxy groups -OCH3 is 3. The van der Waals surface area contributed by atoms with E-state index in [1.54, 1.807) is 172 Å². The number of ether oxygens (including phenoxy) is 8. The summed E-state index contributed by atoms with van der Waals surface area (Å²) in [6.45, 7) is 63.1. The summed E-state index contributed by atoms with van der Waals surface area (Å²) < 4.78 is 87.0. The van der Waals surface area contributed by atoms with Gasteiger partial charge in [-0.25, -0.2) is 56.4 Å². The van der Waals surface area contributed by atoms with Crippen molar-refractivity contribution < 1.29 is 181 Å². The molecule has 5 aliphatic heterocycles. The molecule has 5 fully saturated rings. The predicted octanol–water partition coefficient (Wildman–Crippen LogP) is 12.5. The van der Waals surface area contributed by atoms with E-state index in [4.69, 9.17) is 57.4 Å². The minimum atomic E-state index is -3.78. The zero-order valence-electron chi connectivity index (χ0n) is 89.0. The molecule has 5 rings (SSSR count). The first-order valence-electron chi connectivity index (χ1n) is 44.3. The number of aliphatic hydroxyl groups excluding tert-OH is 2. The number of carbonyl (C=O) groups excluding carboxylic acids is 12. The summed E-state index contributed by atoms with van der Waals surface area (Å²) in [5.74, 6) is -6.07. The summed E-state index contributed by atoms with van der Waals surface area (Å²) in [5, 5.41) is 60.9. The Labute approximate surface area is 918 Å². The number of carbonyl (C=O) groups is 15. The number of allylic oxidation sites excluding steroid dienone is 1. The van der Waals surface area contributed by atoms with E-state index in [0.29, 0.717) is 38.9 Å².